The number of nitrogens with zero attached hydrogens (tertiary/aromatic N) is 5. The quantitative estimate of drug-likeness (QED) is 0.726. The van der Waals surface area contributed by atoms with E-state index in [0.29, 0.717) is 41.5 Å². The summed E-state index contributed by atoms with van der Waals surface area (Å²) in [5.41, 5.74) is 0.674. The first-order valence-corrected chi connectivity index (χ1v) is 8.33. The first-order chi connectivity index (χ1) is 12.1. The summed E-state index contributed by atoms with van der Waals surface area (Å²) in [6.07, 6.45) is 4.23. The van der Waals surface area contributed by atoms with Crippen LogP contribution in [0, 0.1) is 11.6 Å². The highest BCUT2D eigenvalue weighted by Crippen LogP contribution is 2.28. The Bertz CT molecular complexity index is 913. The molecule has 0 amide bonds. The fraction of sp³-hybridized carbons (Fsp3) is 0.412. The maximum atomic E-state index is 13.5. The largest absolute Gasteiger partial charge is 0.355 e. The van der Waals surface area contributed by atoms with Gasteiger partial charge < -0.3 is 9.42 Å². The zero-order valence-corrected chi connectivity index (χ0v) is 13.7. The van der Waals surface area contributed by atoms with Gasteiger partial charge in [-0.25, -0.2) is 13.8 Å². The van der Waals surface area contributed by atoms with Gasteiger partial charge in [0.1, 0.15) is 5.82 Å². The first kappa shape index (κ1) is 15.9. The summed E-state index contributed by atoms with van der Waals surface area (Å²) in [6, 6.07) is 2.14. The number of aromatic nitrogens is 4. The number of rotatable bonds is 3. The van der Waals surface area contributed by atoms with Gasteiger partial charge in [-0.3, -0.25) is 4.98 Å². The van der Waals surface area contributed by atoms with Crippen molar-refractivity contribution in [1.82, 2.24) is 20.1 Å². The standard InChI is InChI=1S/C17H17F2N5O/c1-2-16-22-17(23-25-16)10-4-3-5-24(9-10)15-8-20-13-6-11(18)12(19)7-14(13)21-15/h6-8,10H,2-5,9H2,1H3. The van der Waals surface area contributed by atoms with Gasteiger partial charge in [-0.2, -0.15) is 4.98 Å². The fourth-order valence-corrected chi connectivity index (χ4v) is 3.12. The van der Waals surface area contributed by atoms with E-state index < -0.39 is 11.6 Å². The number of aryl methyl sites for hydroxylation is 1. The Morgan fingerprint density at radius 3 is 2.76 bits per heavy atom. The molecule has 1 fully saturated rings. The lowest BCUT2D eigenvalue weighted by Crippen LogP contribution is -2.35. The molecule has 0 N–H and O–H groups in total. The molecule has 4 rings (SSSR count). The molecule has 1 atom stereocenters. The molecule has 8 heteroatoms. The highest BCUT2D eigenvalue weighted by molar-refractivity contribution is 5.75. The van der Waals surface area contributed by atoms with Crippen molar-refractivity contribution in [3.05, 3.63) is 41.7 Å². The number of halogens is 2. The minimum absolute atomic E-state index is 0.153. The van der Waals surface area contributed by atoms with Gasteiger partial charge in [-0.1, -0.05) is 12.1 Å². The van der Waals surface area contributed by atoms with Crippen LogP contribution < -0.4 is 4.90 Å². The van der Waals surface area contributed by atoms with Crippen molar-refractivity contribution in [2.75, 3.05) is 18.0 Å². The average Bonchev–Trinajstić information content (AvgIpc) is 3.12. The predicted molar refractivity (Wildman–Crippen MR) is 87.3 cm³/mol. The van der Waals surface area contributed by atoms with Gasteiger partial charge in [0.15, 0.2) is 17.5 Å². The van der Waals surface area contributed by atoms with Crippen molar-refractivity contribution >= 4 is 16.9 Å². The van der Waals surface area contributed by atoms with Crippen LogP contribution in [0.3, 0.4) is 0 Å². The maximum Gasteiger partial charge on any atom is 0.226 e. The van der Waals surface area contributed by atoms with Crippen LogP contribution in [0.25, 0.3) is 11.0 Å². The van der Waals surface area contributed by atoms with Crippen LogP contribution in [0.5, 0.6) is 0 Å². The zero-order valence-electron chi connectivity index (χ0n) is 13.7. The molecule has 0 saturated carbocycles. The number of anilines is 1. The Morgan fingerprint density at radius 1 is 1.20 bits per heavy atom. The Hall–Kier alpha value is -2.64. The molecule has 1 aromatic carbocycles. The lowest BCUT2D eigenvalue weighted by Gasteiger charge is -2.32. The van der Waals surface area contributed by atoms with Gasteiger partial charge in [0.2, 0.25) is 5.89 Å². The molecule has 1 unspecified atom stereocenters. The van der Waals surface area contributed by atoms with E-state index in [9.17, 15) is 8.78 Å². The molecule has 0 aliphatic carbocycles. The van der Waals surface area contributed by atoms with Gasteiger partial charge in [-0.05, 0) is 12.8 Å². The molecule has 0 radical (unpaired) electrons. The summed E-state index contributed by atoms with van der Waals surface area (Å²) in [6.45, 7) is 3.47. The smallest absolute Gasteiger partial charge is 0.226 e. The van der Waals surface area contributed by atoms with Gasteiger partial charge in [0.25, 0.3) is 0 Å². The van der Waals surface area contributed by atoms with E-state index >= 15 is 0 Å². The topological polar surface area (TPSA) is 67.9 Å². The molecule has 1 aliphatic heterocycles. The van der Waals surface area contributed by atoms with Crippen LogP contribution >= 0.6 is 0 Å². The highest BCUT2D eigenvalue weighted by Gasteiger charge is 2.26. The third kappa shape index (κ3) is 3.04. The number of hydrogen-bond acceptors (Lipinski definition) is 6. The van der Waals surface area contributed by atoms with Crippen molar-refractivity contribution in [2.24, 2.45) is 0 Å². The molecule has 1 saturated heterocycles. The summed E-state index contributed by atoms with van der Waals surface area (Å²) < 4.78 is 32.0. The molecule has 6 nitrogen and oxygen atoms in total. The Balaban J connectivity index is 1.60. The molecular weight excluding hydrogens is 328 g/mol. The summed E-state index contributed by atoms with van der Waals surface area (Å²) in [4.78, 5) is 15.1. The second-order valence-electron chi connectivity index (χ2n) is 6.17. The Morgan fingerprint density at radius 2 is 2.00 bits per heavy atom. The van der Waals surface area contributed by atoms with E-state index in [-0.39, 0.29) is 5.92 Å². The van der Waals surface area contributed by atoms with E-state index in [4.69, 9.17) is 4.52 Å². The zero-order chi connectivity index (χ0) is 17.4. The monoisotopic (exact) mass is 345 g/mol. The number of fused-ring (bicyclic) bond motifs is 1. The molecule has 0 bridgehead atoms. The van der Waals surface area contributed by atoms with Gasteiger partial charge in [0.05, 0.1) is 17.2 Å². The van der Waals surface area contributed by atoms with Crippen LogP contribution in [0.15, 0.2) is 22.9 Å². The van der Waals surface area contributed by atoms with Crippen molar-refractivity contribution in [3.8, 4) is 0 Å². The van der Waals surface area contributed by atoms with Crippen molar-refractivity contribution in [1.29, 1.82) is 0 Å². The summed E-state index contributed by atoms with van der Waals surface area (Å²) in [5.74, 6) is 0.298. The predicted octanol–water partition coefficient (Wildman–Crippen LogP) is 3.24. The van der Waals surface area contributed by atoms with E-state index in [1.807, 2.05) is 6.92 Å². The molecule has 3 aromatic rings. The SMILES string of the molecule is CCc1nc(C2CCCN(c3cnc4cc(F)c(F)cc4n3)C2)no1. The van der Waals surface area contributed by atoms with E-state index in [1.54, 1.807) is 6.20 Å². The second kappa shape index (κ2) is 6.34. The minimum atomic E-state index is -0.922. The molecular formula is C17H17F2N5O. The third-order valence-corrected chi connectivity index (χ3v) is 4.47. The van der Waals surface area contributed by atoms with E-state index in [2.05, 4.69) is 25.0 Å². The normalized spacial score (nSPS) is 18.0. The van der Waals surface area contributed by atoms with Crippen molar-refractivity contribution < 1.29 is 13.3 Å². The Kier molecular flexibility index (Phi) is 4.03. The molecule has 2 aromatic heterocycles. The highest BCUT2D eigenvalue weighted by atomic mass is 19.2. The third-order valence-electron chi connectivity index (χ3n) is 4.47. The fourth-order valence-electron chi connectivity index (χ4n) is 3.12. The van der Waals surface area contributed by atoms with Crippen LogP contribution in [0.1, 0.15) is 37.4 Å². The lowest BCUT2D eigenvalue weighted by atomic mass is 9.97. The number of benzene rings is 1. The van der Waals surface area contributed by atoms with Crippen molar-refractivity contribution in [2.45, 2.75) is 32.1 Å². The molecule has 25 heavy (non-hydrogen) atoms. The summed E-state index contributed by atoms with van der Waals surface area (Å²) >= 11 is 0. The molecule has 3 heterocycles. The van der Waals surface area contributed by atoms with E-state index in [1.165, 1.54) is 0 Å². The van der Waals surface area contributed by atoms with Gasteiger partial charge in [-0.15, -0.1) is 0 Å². The molecule has 130 valence electrons. The number of hydrogen-bond donors (Lipinski definition) is 0. The van der Waals surface area contributed by atoms with Crippen LogP contribution in [-0.4, -0.2) is 33.2 Å². The lowest BCUT2D eigenvalue weighted by molar-refractivity contribution is 0.368. The van der Waals surface area contributed by atoms with Gasteiger partial charge >= 0.3 is 0 Å². The second-order valence-corrected chi connectivity index (χ2v) is 6.17. The molecule has 1 aliphatic rings. The Labute approximate surface area is 142 Å². The summed E-state index contributed by atoms with van der Waals surface area (Å²) in [5, 5.41) is 4.07. The van der Waals surface area contributed by atoms with Crippen LogP contribution in [0.2, 0.25) is 0 Å². The van der Waals surface area contributed by atoms with Gasteiger partial charge in [0, 0.05) is 37.6 Å². The molecule has 0 spiro atoms. The summed E-state index contributed by atoms with van der Waals surface area (Å²) in [7, 11) is 0. The van der Waals surface area contributed by atoms with Crippen LogP contribution in [-0.2, 0) is 6.42 Å². The van der Waals surface area contributed by atoms with Crippen molar-refractivity contribution in [3.63, 3.8) is 0 Å². The van der Waals surface area contributed by atoms with Crippen LogP contribution in [0.4, 0.5) is 14.6 Å². The van der Waals surface area contributed by atoms with E-state index in [0.717, 1.165) is 31.5 Å². The minimum Gasteiger partial charge on any atom is -0.355 e. The maximum absolute atomic E-state index is 13.5. The number of piperidine rings is 1. The first-order valence-electron chi connectivity index (χ1n) is 8.33. The average molecular weight is 345 g/mol.